The van der Waals surface area contributed by atoms with Crippen LogP contribution in [-0.4, -0.2) is 94.3 Å². The highest BCUT2D eigenvalue weighted by atomic mass is 35.5. The molecule has 0 aliphatic carbocycles. The van der Waals surface area contributed by atoms with Gasteiger partial charge >= 0.3 is 6.03 Å². The maximum Gasteiger partial charge on any atom is 0.314 e. The van der Waals surface area contributed by atoms with Crippen LogP contribution in [0.3, 0.4) is 0 Å². The molecule has 0 fully saturated rings. The maximum atomic E-state index is 13.2. The van der Waals surface area contributed by atoms with Crippen molar-refractivity contribution in [2.45, 2.75) is 31.8 Å². The monoisotopic (exact) mass is 619 g/mol. The second-order valence-electron chi connectivity index (χ2n) is 10.5. The molecule has 2 aromatic rings. The van der Waals surface area contributed by atoms with Crippen molar-refractivity contribution in [3.63, 3.8) is 0 Å². The van der Waals surface area contributed by atoms with Crippen molar-refractivity contribution >= 4 is 41.6 Å². The summed E-state index contributed by atoms with van der Waals surface area (Å²) in [5.74, 6) is 0.0885. The average Bonchev–Trinajstić information content (AvgIpc) is 3.29. The number of unbranched alkanes of at least 4 members (excludes halogenated alkanes) is 1. The number of amides is 4. The molecule has 3 N–H and O–H groups in total. The van der Waals surface area contributed by atoms with Crippen molar-refractivity contribution in [2.75, 3.05) is 66.2 Å². The molecule has 0 spiro atoms. The van der Waals surface area contributed by atoms with Gasteiger partial charge in [-0.3, -0.25) is 9.59 Å². The lowest BCUT2D eigenvalue weighted by molar-refractivity contribution is -0.109. The summed E-state index contributed by atoms with van der Waals surface area (Å²) in [5, 5.41) is 9.37. The lowest BCUT2D eigenvalue weighted by Crippen LogP contribution is -2.38. The zero-order valence-corrected chi connectivity index (χ0v) is 25.4. The van der Waals surface area contributed by atoms with Gasteiger partial charge in [0.2, 0.25) is 6.41 Å². The van der Waals surface area contributed by atoms with E-state index in [0.717, 1.165) is 53.7 Å². The Labute approximate surface area is 257 Å². The number of ether oxygens (including phenoxy) is 2. The van der Waals surface area contributed by atoms with Crippen LogP contribution in [-0.2, 0) is 27.4 Å². The van der Waals surface area contributed by atoms with E-state index in [9.17, 15) is 14.4 Å². The predicted octanol–water partition coefficient (Wildman–Crippen LogP) is 3.39. The zero-order valence-electron chi connectivity index (χ0n) is 23.9. The van der Waals surface area contributed by atoms with Crippen LogP contribution in [0.4, 0.5) is 4.79 Å². The van der Waals surface area contributed by atoms with Crippen LogP contribution in [0.15, 0.2) is 30.3 Å². The molecule has 0 saturated carbocycles. The van der Waals surface area contributed by atoms with Crippen molar-refractivity contribution in [1.82, 2.24) is 25.8 Å². The Bertz CT molecular complexity index is 1250. The number of carbonyl (C=O) groups excluding carboxylic acids is 3. The fourth-order valence-corrected chi connectivity index (χ4v) is 6.01. The fraction of sp³-hybridized carbons (Fsp3) is 0.500. The number of fused-ring (bicyclic) bond motifs is 2. The van der Waals surface area contributed by atoms with Crippen LogP contribution in [0, 0.1) is 0 Å². The molecule has 2 aromatic carbocycles. The highest BCUT2D eigenvalue weighted by Crippen LogP contribution is 2.41. The summed E-state index contributed by atoms with van der Waals surface area (Å²) in [7, 11) is 2.08. The summed E-state index contributed by atoms with van der Waals surface area (Å²) >= 11 is 13.0. The first-order valence-electron chi connectivity index (χ1n) is 14.3. The number of nitrogens with zero attached hydrogens (tertiary/aromatic N) is 2. The Morgan fingerprint density at radius 3 is 2.55 bits per heavy atom. The molecule has 2 aliphatic heterocycles. The molecule has 42 heavy (non-hydrogen) atoms. The number of benzene rings is 2. The molecule has 4 amide bonds. The molecule has 0 aromatic heterocycles. The van der Waals surface area contributed by atoms with E-state index >= 15 is 0 Å². The fourth-order valence-electron chi connectivity index (χ4n) is 5.44. The molecule has 2 aliphatic rings. The summed E-state index contributed by atoms with van der Waals surface area (Å²) in [4.78, 5) is 39.2. The Kier molecular flexibility index (Phi) is 12.3. The highest BCUT2D eigenvalue weighted by molar-refractivity contribution is 6.35. The SMILES string of the molecule is CN1Cc2c(Cl)cc(Cl)cc2C(c2cccc3c2CN(CCOCCOCCNC(=O)NCCCCNC=O)C3=O)C1. The summed E-state index contributed by atoms with van der Waals surface area (Å²) in [6.45, 7) is 5.71. The van der Waals surface area contributed by atoms with Crippen molar-refractivity contribution < 1.29 is 23.9 Å². The Hall–Kier alpha value is -2.89. The van der Waals surface area contributed by atoms with Crippen molar-refractivity contribution in [1.29, 1.82) is 0 Å². The third-order valence-corrected chi connectivity index (χ3v) is 8.03. The minimum Gasteiger partial charge on any atom is -0.377 e. The predicted molar refractivity (Wildman–Crippen MR) is 162 cm³/mol. The number of hydrogen-bond donors (Lipinski definition) is 3. The Morgan fingerprint density at radius 2 is 1.74 bits per heavy atom. The van der Waals surface area contributed by atoms with Gasteiger partial charge in [-0.1, -0.05) is 35.3 Å². The van der Waals surface area contributed by atoms with E-state index in [2.05, 4.69) is 34.0 Å². The quantitative estimate of drug-likeness (QED) is 0.196. The number of hydrogen-bond acceptors (Lipinski definition) is 6. The molecule has 0 radical (unpaired) electrons. The molecule has 10 nitrogen and oxygen atoms in total. The van der Waals surface area contributed by atoms with Crippen molar-refractivity contribution in [3.05, 3.63) is 68.2 Å². The van der Waals surface area contributed by atoms with Crippen molar-refractivity contribution in [3.8, 4) is 0 Å². The molecule has 4 rings (SSSR count). The van der Waals surface area contributed by atoms with Gasteiger partial charge in [-0.05, 0) is 60.3 Å². The lowest BCUT2D eigenvalue weighted by atomic mass is 9.82. The largest absolute Gasteiger partial charge is 0.377 e. The third kappa shape index (κ3) is 8.58. The highest BCUT2D eigenvalue weighted by Gasteiger charge is 2.34. The molecule has 12 heteroatoms. The van der Waals surface area contributed by atoms with Gasteiger partial charge in [0, 0.05) is 67.3 Å². The topological polar surface area (TPSA) is 112 Å². The van der Waals surface area contributed by atoms with Gasteiger partial charge in [0.15, 0.2) is 0 Å². The number of nitrogens with one attached hydrogen (secondary N) is 3. The molecular weight excluding hydrogens is 581 g/mol. The Balaban J connectivity index is 1.16. The van der Waals surface area contributed by atoms with Crippen LogP contribution in [0.2, 0.25) is 10.0 Å². The first-order valence-corrected chi connectivity index (χ1v) is 15.1. The second-order valence-corrected chi connectivity index (χ2v) is 11.3. The van der Waals surface area contributed by atoms with Crippen LogP contribution < -0.4 is 16.0 Å². The smallest absolute Gasteiger partial charge is 0.314 e. The molecular formula is C30H39Cl2N5O5. The van der Waals surface area contributed by atoms with E-state index in [0.29, 0.717) is 75.6 Å². The minimum absolute atomic E-state index is 0.0159. The normalized spacial score (nSPS) is 16.2. The van der Waals surface area contributed by atoms with Crippen LogP contribution in [0.1, 0.15) is 51.4 Å². The number of carbonyl (C=O) groups is 3. The van der Waals surface area contributed by atoms with E-state index in [1.807, 2.05) is 23.1 Å². The molecule has 1 unspecified atom stereocenters. The van der Waals surface area contributed by atoms with E-state index in [4.69, 9.17) is 32.7 Å². The number of likely N-dealkylation sites (N-methyl/N-ethyl adjacent to an activating group) is 1. The second kappa shape index (κ2) is 16.1. The van der Waals surface area contributed by atoms with Gasteiger partial charge in [0.25, 0.3) is 5.91 Å². The molecule has 1 atom stereocenters. The van der Waals surface area contributed by atoms with Gasteiger partial charge in [-0.25, -0.2) is 4.79 Å². The number of rotatable bonds is 16. The number of urea groups is 1. The zero-order chi connectivity index (χ0) is 29.9. The van der Waals surface area contributed by atoms with Crippen LogP contribution in [0.5, 0.6) is 0 Å². The summed E-state index contributed by atoms with van der Waals surface area (Å²) in [6, 6.07) is 9.52. The van der Waals surface area contributed by atoms with Crippen LogP contribution in [0.25, 0.3) is 0 Å². The molecule has 0 bridgehead atoms. The first kappa shape index (κ1) is 32.0. The first-order chi connectivity index (χ1) is 20.4. The molecule has 2 heterocycles. The maximum absolute atomic E-state index is 13.2. The number of halogens is 2. The summed E-state index contributed by atoms with van der Waals surface area (Å²) < 4.78 is 11.2. The van der Waals surface area contributed by atoms with Gasteiger partial charge in [-0.2, -0.15) is 0 Å². The summed E-state index contributed by atoms with van der Waals surface area (Å²) in [6.07, 6.45) is 2.26. The van der Waals surface area contributed by atoms with E-state index in [1.165, 1.54) is 0 Å². The third-order valence-electron chi connectivity index (χ3n) is 7.47. The average molecular weight is 621 g/mol. The lowest BCUT2D eigenvalue weighted by Gasteiger charge is -2.34. The van der Waals surface area contributed by atoms with Crippen molar-refractivity contribution in [2.24, 2.45) is 0 Å². The minimum atomic E-state index is -0.245. The molecule has 0 saturated heterocycles. The Morgan fingerprint density at radius 1 is 0.976 bits per heavy atom. The molecule has 228 valence electrons. The standard InChI is InChI=1S/C30H39Cl2N5O5/c1-36-17-25(24-15-21(31)16-28(32)27(24)18-36)22-5-4-6-23-26(22)19-37(29(23)39)10-12-42-14-13-41-11-9-35-30(40)34-8-3-2-7-33-20-38/h4-6,15-16,20,25H,2-3,7-14,17-19H2,1H3,(H,33,38)(H2,34,35,40). The summed E-state index contributed by atoms with van der Waals surface area (Å²) in [5.41, 5.74) is 5.15. The van der Waals surface area contributed by atoms with Gasteiger partial charge in [-0.15, -0.1) is 0 Å². The van der Waals surface area contributed by atoms with Gasteiger partial charge < -0.3 is 35.2 Å². The van der Waals surface area contributed by atoms with Gasteiger partial charge in [0.05, 0.1) is 26.4 Å². The van der Waals surface area contributed by atoms with Gasteiger partial charge in [0.1, 0.15) is 0 Å². The van der Waals surface area contributed by atoms with E-state index in [-0.39, 0.29) is 17.9 Å². The van der Waals surface area contributed by atoms with Crippen LogP contribution >= 0.6 is 23.2 Å². The van der Waals surface area contributed by atoms with E-state index < -0.39 is 0 Å². The van der Waals surface area contributed by atoms with E-state index in [1.54, 1.807) is 6.07 Å².